The fraction of sp³-hybridized carbons (Fsp3) is 0.381. The van der Waals surface area contributed by atoms with Gasteiger partial charge in [0.15, 0.2) is 17.5 Å². The standard InChI is InChI=1S/C21H27N3O3.HI/c1-2-22-21(24-13-18(14-25)17-6-4-3-5-7-17)23-11-10-16-8-9-19-20(12-16)27-15-26-19;/h3-9,12,18,25H,2,10-11,13-15H2,1H3,(H2,22,23,24);1H. The maximum Gasteiger partial charge on any atom is 0.231 e. The summed E-state index contributed by atoms with van der Waals surface area (Å²) in [5.74, 6) is 2.36. The lowest BCUT2D eigenvalue weighted by molar-refractivity contribution is 0.174. The molecule has 1 unspecified atom stereocenters. The third kappa shape index (κ3) is 6.27. The van der Waals surface area contributed by atoms with Crippen molar-refractivity contribution in [3.8, 4) is 11.5 Å². The third-order valence-corrected chi connectivity index (χ3v) is 4.45. The van der Waals surface area contributed by atoms with E-state index in [4.69, 9.17) is 9.47 Å². The van der Waals surface area contributed by atoms with Crippen LogP contribution in [0.25, 0.3) is 0 Å². The van der Waals surface area contributed by atoms with Gasteiger partial charge in [0.05, 0.1) is 13.2 Å². The molecule has 0 amide bonds. The molecular formula is C21H28IN3O3. The lowest BCUT2D eigenvalue weighted by atomic mass is 10.0. The van der Waals surface area contributed by atoms with Crippen LogP contribution in [0.5, 0.6) is 11.5 Å². The molecule has 1 heterocycles. The summed E-state index contributed by atoms with van der Waals surface area (Å²) in [4.78, 5) is 4.64. The Kier molecular flexibility index (Phi) is 9.36. The first-order chi connectivity index (χ1) is 13.3. The lowest BCUT2D eigenvalue weighted by Gasteiger charge is -2.15. The minimum atomic E-state index is -0.00415. The summed E-state index contributed by atoms with van der Waals surface area (Å²) in [6.45, 7) is 4.47. The van der Waals surface area contributed by atoms with Gasteiger partial charge in [0.25, 0.3) is 0 Å². The highest BCUT2D eigenvalue weighted by atomic mass is 127. The van der Waals surface area contributed by atoms with Gasteiger partial charge in [-0.05, 0) is 36.6 Å². The molecule has 0 radical (unpaired) electrons. The number of hydrogen-bond acceptors (Lipinski definition) is 4. The number of nitrogens with one attached hydrogen (secondary N) is 2. The molecular weight excluding hydrogens is 469 g/mol. The molecule has 7 heteroatoms. The summed E-state index contributed by atoms with van der Waals surface area (Å²) in [6, 6.07) is 16.0. The Hall–Kier alpha value is -2.00. The molecule has 6 nitrogen and oxygen atoms in total. The normalized spacial score (nSPS) is 13.6. The second-order valence-corrected chi connectivity index (χ2v) is 6.37. The van der Waals surface area contributed by atoms with E-state index in [2.05, 4.69) is 21.7 Å². The van der Waals surface area contributed by atoms with E-state index in [9.17, 15) is 5.11 Å². The fourth-order valence-corrected chi connectivity index (χ4v) is 2.96. The first-order valence-electron chi connectivity index (χ1n) is 9.36. The zero-order valence-corrected chi connectivity index (χ0v) is 18.4. The number of halogens is 1. The quantitative estimate of drug-likeness (QED) is 0.297. The van der Waals surface area contributed by atoms with Gasteiger partial charge in [-0.15, -0.1) is 24.0 Å². The molecule has 1 atom stereocenters. The molecule has 0 aromatic heterocycles. The van der Waals surface area contributed by atoms with Crippen molar-refractivity contribution < 1.29 is 14.6 Å². The van der Waals surface area contributed by atoms with Crippen LogP contribution in [0.2, 0.25) is 0 Å². The highest BCUT2D eigenvalue weighted by Crippen LogP contribution is 2.32. The monoisotopic (exact) mass is 497 g/mol. The van der Waals surface area contributed by atoms with Crippen molar-refractivity contribution in [1.82, 2.24) is 10.6 Å². The first-order valence-corrected chi connectivity index (χ1v) is 9.36. The molecule has 0 spiro atoms. The Morgan fingerprint density at radius 1 is 1.11 bits per heavy atom. The van der Waals surface area contributed by atoms with Crippen LogP contribution in [0.15, 0.2) is 53.5 Å². The Morgan fingerprint density at radius 3 is 2.64 bits per heavy atom. The zero-order chi connectivity index (χ0) is 18.9. The van der Waals surface area contributed by atoms with Gasteiger partial charge in [-0.25, -0.2) is 0 Å². The predicted octanol–water partition coefficient (Wildman–Crippen LogP) is 2.91. The molecule has 2 aromatic rings. The summed E-state index contributed by atoms with van der Waals surface area (Å²) in [5, 5.41) is 16.3. The summed E-state index contributed by atoms with van der Waals surface area (Å²) < 4.78 is 10.8. The van der Waals surface area contributed by atoms with E-state index < -0.39 is 0 Å². The first kappa shape index (κ1) is 22.3. The molecule has 1 aliphatic heterocycles. The van der Waals surface area contributed by atoms with Gasteiger partial charge in [0, 0.05) is 19.0 Å². The van der Waals surface area contributed by atoms with Crippen LogP contribution in [0.1, 0.15) is 24.0 Å². The van der Waals surface area contributed by atoms with Gasteiger partial charge in [-0.1, -0.05) is 36.4 Å². The van der Waals surface area contributed by atoms with Crippen molar-refractivity contribution >= 4 is 29.9 Å². The number of rotatable bonds is 8. The molecule has 3 N–H and O–H groups in total. The molecule has 1 aliphatic rings. The molecule has 152 valence electrons. The van der Waals surface area contributed by atoms with Gasteiger partial charge in [-0.3, -0.25) is 4.99 Å². The van der Waals surface area contributed by atoms with Crippen molar-refractivity contribution in [3.05, 3.63) is 59.7 Å². The highest BCUT2D eigenvalue weighted by molar-refractivity contribution is 14.0. The van der Waals surface area contributed by atoms with Gasteiger partial charge < -0.3 is 25.2 Å². The van der Waals surface area contributed by atoms with Crippen molar-refractivity contribution in [1.29, 1.82) is 0 Å². The maximum absolute atomic E-state index is 9.69. The minimum absolute atomic E-state index is 0. The average Bonchev–Trinajstić information content (AvgIpc) is 3.17. The number of aliphatic hydroxyl groups is 1. The highest BCUT2D eigenvalue weighted by Gasteiger charge is 2.13. The van der Waals surface area contributed by atoms with Crippen molar-refractivity contribution in [3.63, 3.8) is 0 Å². The van der Waals surface area contributed by atoms with Gasteiger partial charge in [-0.2, -0.15) is 0 Å². The SMILES string of the molecule is CCNC(=NCC(CO)c1ccccc1)NCCc1ccc2c(c1)OCO2.I. The molecule has 0 aliphatic carbocycles. The van der Waals surface area contributed by atoms with Crippen LogP contribution >= 0.6 is 24.0 Å². The summed E-state index contributed by atoms with van der Waals surface area (Å²) >= 11 is 0. The number of benzene rings is 2. The Balaban J connectivity index is 0.00000280. The molecule has 0 saturated heterocycles. The molecule has 28 heavy (non-hydrogen) atoms. The topological polar surface area (TPSA) is 75.1 Å². The van der Waals surface area contributed by atoms with Gasteiger partial charge >= 0.3 is 0 Å². The molecule has 3 rings (SSSR count). The average molecular weight is 497 g/mol. The molecule has 0 bridgehead atoms. The Morgan fingerprint density at radius 2 is 1.89 bits per heavy atom. The lowest BCUT2D eigenvalue weighted by Crippen LogP contribution is -2.38. The number of guanidine groups is 1. The largest absolute Gasteiger partial charge is 0.454 e. The summed E-state index contributed by atoms with van der Waals surface area (Å²) in [6.07, 6.45) is 0.850. The van der Waals surface area contributed by atoms with Crippen LogP contribution in [-0.2, 0) is 6.42 Å². The number of nitrogens with zero attached hydrogens (tertiary/aromatic N) is 1. The number of hydrogen-bond donors (Lipinski definition) is 3. The van der Waals surface area contributed by atoms with Crippen molar-refractivity contribution in [2.24, 2.45) is 4.99 Å². The van der Waals surface area contributed by atoms with E-state index in [0.717, 1.165) is 42.5 Å². The van der Waals surface area contributed by atoms with Crippen LogP contribution in [0.4, 0.5) is 0 Å². The van der Waals surface area contributed by atoms with Crippen LogP contribution in [0, 0.1) is 0 Å². The van der Waals surface area contributed by atoms with Crippen LogP contribution in [-0.4, -0.2) is 44.1 Å². The summed E-state index contributed by atoms with van der Waals surface area (Å²) in [7, 11) is 0. The summed E-state index contributed by atoms with van der Waals surface area (Å²) in [5.41, 5.74) is 2.28. The number of aliphatic hydroxyl groups excluding tert-OH is 1. The maximum atomic E-state index is 9.69. The van der Waals surface area contributed by atoms with E-state index in [-0.39, 0.29) is 36.5 Å². The number of fused-ring (bicyclic) bond motifs is 1. The van der Waals surface area contributed by atoms with E-state index in [0.29, 0.717) is 13.3 Å². The predicted molar refractivity (Wildman–Crippen MR) is 122 cm³/mol. The molecule has 2 aromatic carbocycles. The van der Waals surface area contributed by atoms with Crippen LogP contribution < -0.4 is 20.1 Å². The van der Waals surface area contributed by atoms with Gasteiger partial charge in [0.1, 0.15) is 0 Å². The fourth-order valence-electron chi connectivity index (χ4n) is 2.96. The Labute approximate surface area is 183 Å². The Bertz CT molecular complexity index is 756. The van der Waals surface area contributed by atoms with E-state index in [1.54, 1.807) is 0 Å². The van der Waals surface area contributed by atoms with E-state index in [1.807, 2.05) is 49.4 Å². The number of aliphatic imine (C=N–C) groups is 1. The third-order valence-electron chi connectivity index (χ3n) is 4.45. The van der Waals surface area contributed by atoms with Crippen molar-refractivity contribution in [2.75, 3.05) is 33.0 Å². The molecule has 0 saturated carbocycles. The van der Waals surface area contributed by atoms with Crippen molar-refractivity contribution in [2.45, 2.75) is 19.3 Å². The minimum Gasteiger partial charge on any atom is -0.454 e. The smallest absolute Gasteiger partial charge is 0.231 e. The zero-order valence-electron chi connectivity index (χ0n) is 16.1. The second-order valence-electron chi connectivity index (χ2n) is 6.37. The van der Waals surface area contributed by atoms with Gasteiger partial charge in [0.2, 0.25) is 6.79 Å². The second kappa shape index (κ2) is 11.8. The van der Waals surface area contributed by atoms with E-state index >= 15 is 0 Å². The number of ether oxygens (including phenoxy) is 2. The van der Waals surface area contributed by atoms with Crippen LogP contribution in [0.3, 0.4) is 0 Å². The molecule has 0 fully saturated rings. The van der Waals surface area contributed by atoms with E-state index in [1.165, 1.54) is 5.56 Å².